The summed E-state index contributed by atoms with van der Waals surface area (Å²) in [4.78, 5) is 10.3. The zero-order valence-corrected chi connectivity index (χ0v) is 7.31. The fraction of sp³-hybridized carbons (Fsp3) is 0.222. The van der Waals surface area contributed by atoms with Gasteiger partial charge in [0.1, 0.15) is 12.6 Å². The number of halogens is 1. The quantitative estimate of drug-likeness (QED) is 0.745. The Hall–Kier alpha value is -1.62. The van der Waals surface area contributed by atoms with Crippen molar-refractivity contribution in [2.45, 2.75) is 6.04 Å². The Morgan fingerprint density at radius 2 is 2.21 bits per heavy atom. The maximum absolute atomic E-state index is 12.9. The molecule has 0 heterocycles. The van der Waals surface area contributed by atoms with Gasteiger partial charge in [-0.3, -0.25) is 4.79 Å². The molecule has 1 atom stereocenters. The number of carboxylic acid groups (broad SMARTS) is 1. The fourth-order valence-corrected chi connectivity index (χ4v) is 0.813. The second kappa shape index (κ2) is 4.57. The Kier molecular flexibility index (Phi) is 3.41. The Bertz CT molecular complexity index is 330. The van der Waals surface area contributed by atoms with Crippen molar-refractivity contribution in [3.63, 3.8) is 0 Å². The summed E-state index contributed by atoms with van der Waals surface area (Å²) in [7, 11) is 0. The third kappa shape index (κ3) is 2.70. The van der Waals surface area contributed by atoms with E-state index in [-0.39, 0.29) is 12.4 Å². The number of carbonyl (C=O) groups is 1. The van der Waals surface area contributed by atoms with E-state index in [1.165, 1.54) is 18.2 Å². The summed E-state index contributed by atoms with van der Waals surface area (Å²) in [6, 6.07) is 4.59. The van der Waals surface area contributed by atoms with Gasteiger partial charge in [-0.2, -0.15) is 0 Å². The highest BCUT2D eigenvalue weighted by Gasteiger charge is 2.12. The van der Waals surface area contributed by atoms with Gasteiger partial charge in [0.2, 0.25) is 0 Å². The van der Waals surface area contributed by atoms with Crippen LogP contribution in [0.5, 0.6) is 5.75 Å². The van der Waals surface area contributed by atoms with Crippen LogP contribution in [0.2, 0.25) is 0 Å². The van der Waals surface area contributed by atoms with Crippen molar-refractivity contribution >= 4 is 5.97 Å². The van der Waals surface area contributed by atoms with E-state index in [2.05, 4.69) is 0 Å². The molecule has 1 aromatic carbocycles. The van der Waals surface area contributed by atoms with Crippen molar-refractivity contribution in [3.05, 3.63) is 30.1 Å². The first-order valence-electron chi connectivity index (χ1n) is 3.97. The molecule has 14 heavy (non-hydrogen) atoms. The van der Waals surface area contributed by atoms with Crippen LogP contribution in [0.25, 0.3) is 0 Å². The average Bonchev–Trinajstić information content (AvgIpc) is 2.16. The van der Waals surface area contributed by atoms with Crippen LogP contribution in [0, 0.1) is 5.82 Å². The number of ether oxygens (including phenoxy) is 1. The highest BCUT2D eigenvalue weighted by Crippen LogP contribution is 2.15. The summed E-state index contributed by atoms with van der Waals surface area (Å²) in [6.07, 6.45) is 0. The van der Waals surface area contributed by atoms with Crippen LogP contribution >= 0.6 is 0 Å². The van der Waals surface area contributed by atoms with Gasteiger partial charge in [0, 0.05) is 0 Å². The SMILES string of the molecule is N[C@@H](COc1ccccc1F)C(=O)O. The molecule has 1 aromatic rings. The van der Waals surface area contributed by atoms with Gasteiger partial charge < -0.3 is 15.6 Å². The smallest absolute Gasteiger partial charge is 0.324 e. The topological polar surface area (TPSA) is 72.5 Å². The van der Waals surface area contributed by atoms with Crippen LogP contribution in [-0.2, 0) is 4.79 Å². The number of aliphatic carboxylic acids is 1. The highest BCUT2D eigenvalue weighted by atomic mass is 19.1. The van der Waals surface area contributed by atoms with Gasteiger partial charge in [0.05, 0.1) is 0 Å². The summed E-state index contributed by atoms with van der Waals surface area (Å²) < 4.78 is 17.8. The van der Waals surface area contributed by atoms with Crippen molar-refractivity contribution in [2.24, 2.45) is 5.73 Å². The third-order valence-electron chi connectivity index (χ3n) is 1.57. The predicted octanol–water partition coefficient (Wildman–Crippen LogP) is 0.616. The molecule has 76 valence electrons. The first-order valence-corrected chi connectivity index (χ1v) is 3.97. The molecule has 1 rings (SSSR count). The van der Waals surface area contributed by atoms with E-state index in [4.69, 9.17) is 15.6 Å². The molecular weight excluding hydrogens is 189 g/mol. The third-order valence-corrected chi connectivity index (χ3v) is 1.57. The minimum absolute atomic E-state index is 0.00389. The minimum atomic E-state index is -1.18. The lowest BCUT2D eigenvalue weighted by atomic mass is 10.3. The first kappa shape index (κ1) is 10.5. The van der Waals surface area contributed by atoms with E-state index >= 15 is 0 Å². The van der Waals surface area contributed by atoms with Crippen LogP contribution in [0.1, 0.15) is 0 Å². The molecule has 4 nitrogen and oxygen atoms in total. The molecule has 0 aliphatic carbocycles. The van der Waals surface area contributed by atoms with E-state index in [9.17, 15) is 9.18 Å². The lowest BCUT2D eigenvalue weighted by Gasteiger charge is -2.09. The monoisotopic (exact) mass is 199 g/mol. The molecule has 0 aliphatic heterocycles. The molecule has 5 heteroatoms. The zero-order valence-electron chi connectivity index (χ0n) is 7.31. The molecule has 0 bridgehead atoms. The van der Waals surface area contributed by atoms with E-state index < -0.39 is 17.8 Å². The van der Waals surface area contributed by atoms with E-state index in [0.29, 0.717) is 0 Å². The Morgan fingerprint density at radius 1 is 1.57 bits per heavy atom. The normalized spacial score (nSPS) is 12.1. The van der Waals surface area contributed by atoms with Crippen LogP contribution in [-0.4, -0.2) is 23.7 Å². The second-order valence-corrected chi connectivity index (χ2v) is 2.69. The molecule has 0 unspecified atom stereocenters. The van der Waals surface area contributed by atoms with Crippen molar-refractivity contribution in [1.82, 2.24) is 0 Å². The van der Waals surface area contributed by atoms with Crippen LogP contribution in [0.15, 0.2) is 24.3 Å². The summed E-state index contributed by atoms with van der Waals surface area (Å²) in [5.41, 5.74) is 5.17. The molecule has 0 fully saturated rings. The average molecular weight is 199 g/mol. The van der Waals surface area contributed by atoms with Crippen LogP contribution < -0.4 is 10.5 Å². The van der Waals surface area contributed by atoms with Gasteiger partial charge in [0.25, 0.3) is 0 Å². The second-order valence-electron chi connectivity index (χ2n) is 2.69. The zero-order chi connectivity index (χ0) is 10.6. The van der Waals surface area contributed by atoms with Gasteiger partial charge in [-0.15, -0.1) is 0 Å². The lowest BCUT2D eigenvalue weighted by Crippen LogP contribution is -2.36. The molecule has 0 radical (unpaired) electrons. The van der Waals surface area contributed by atoms with E-state index in [1.807, 2.05) is 0 Å². The Balaban J connectivity index is 2.54. The highest BCUT2D eigenvalue weighted by molar-refractivity contribution is 5.73. The number of para-hydroxylation sites is 1. The largest absolute Gasteiger partial charge is 0.488 e. The van der Waals surface area contributed by atoms with Crippen LogP contribution in [0.4, 0.5) is 4.39 Å². The van der Waals surface area contributed by atoms with Gasteiger partial charge in [-0.05, 0) is 12.1 Å². The van der Waals surface area contributed by atoms with E-state index in [1.54, 1.807) is 6.07 Å². The number of hydrogen-bond donors (Lipinski definition) is 2. The maximum atomic E-state index is 12.9. The van der Waals surface area contributed by atoms with Crippen molar-refractivity contribution < 1.29 is 19.0 Å². The summed E-state index contributed by atoms with van der Waals surface area (Å²) in [5.74, 6) is -1.71. The van der Waals surface area contributed by atoms with Gasteiger partial charge >= 0.3 is 5.97 Å². The van der Waals surface area contributed by atoms with Crippen LogP contribution in [0.3, 0.4) is 0 Å². The summed E-state index contributed by atoms with van der Waals surface area (Å²) in [5, 5.41) is 8.43. The first-order chi connectivity index (χ1) is 6.61. The number of benzene rings is 1. The standard InChI is InChI=1S/C9H10FNO3/c10-6-3-1-2-4-8(6)14-5-7(11)9(12)13/h1-4,7H,5,11H2,(H,12,13)/t7-/m0/s1. The molecule has 0 saturated heterocycles. The number of nitrogens with two attached hydrogens (primary N) is 1. The molecule has 0 aromatic heterocycles. The van der Waals surface area contributed by atoms with Crippen molar-refractivity contribution in [3.8, 4) is 5.75 Å². The van der Waals surface area contributed by atoms with Gasteiger partial charge in [-0.1, -0.05) is 12.1 Å². The van der Waals surface area contributed by atoms with Crippen molar-refractivity contribution in [2.75, 3.05) is 6.61 Å². The van der Waals surface area contributed by atoms with E-state index in [0.717, 1.165) is 0 Å². The van der Waals surface area contributed by atoms with Gasteiger partial charge in [0.15, 0.2) is 11.6 Å². The lowest BCUT2D eigenvalue weighted by molar-refractivity contribution is -0.139. The predicted molar refractivity (Wildman–Crippen MR) is 47.5 cm³/mol. The number of carboxylic acids is 1. The molecule has 0 amide bonds. The Morgan fingerprint density at radius 3 is 2.79 bits per heavy atom. The van der Waals surface area contributed by atoms with Crippen molar-refractivity contribution in [1.29, 1.82) is 0 Å². The molecule has 0 saturated carbocycles. The molecular formula is C9H10FNO3. The number of hydrogen-bond acceptors (Lipinski definition) is 3. The Labute approximate surface area is 80.1 Å². The molecule has 0 spiro atoms. The summed E-state index contributed by atoms with van der Waals surface area (Å²) in [6.45, 7) is -0.254. The van der Waals surface area contributed by atoms with Gasteiger partial charge in [-0.25, -0.2) is 4.39 Å². The number of rotatable bonds is 4. The summed E-state index contributed by atoms with van der Waals surface area (Å²) >= 11 is 0. The fourth-order valence-electron chi connectivity index (χ4n) is 0.813. The maximum Gasteiger partial charge on any atom is 0.324 e. The molecule has 3 N–H and O–H groups in total. The molecule has 0 aliphatic rings. The minimum Gasteiger partial charge on any atom is -0.488 e.